The van der Waals surface area contributed by atoms with E-state index in [0.29, 0.717) is 35.2 Å². The number of hydrogen-bond acceptors (Lipinski definition) is 6. The van der Waals surface area contributed by atoms with Crippen LogP contribution in [0, 0.1) is 11.8 Å². The summed E-state index contributed by atoms with van der Waals surface area (Å²) < 4.78 is 12.6. The maximum Gasteiger partial charge on any atom is 0.311 e. The Morgan fingerprint density at radius 3 is 1.64 bits per heavy atom. The van der Waals surface area contributed by atoms with Gasteiger partial charge in [0.2, 0.25) is 5.91 Å². The van der Waals surface area contributed by atoms with E-state index in [1.54, 1.807) is 24.3 Å². The molecule has 0 radical (unpaired) electrons. The fourth-order valence-electron chi connectivity index (χ4n) is 5.61. The number of carbonyl (C=O) groups excluding carboxylic acids is 1. The number of fused-ring (bicyclic) bond motifs is 1. The number of aliphatic carboxylic acids is 1. The van der Waals surface area contributed by atoms with Gasteiger partial charge in [0.25, 0.3) is 0 Å². The summed E-state index contributed by atoms with van der Waals surface area (Å²) in [6.45, 7) is 1.50. The number of rotatable bonds is 10. The lowest BCUT2D eigenvalue weighted by molar-refractivity contribution is -0.200. The average molecular weight is 456 g/mol. The van der Waals surface area contributed by atoms with Crippen LogP contribution in [0.4, 0.5) is 0 Å². The minimum Gasteiger partial charge on any atom is -0.481 e. The molecule has 8 nitrogen and oxygen atoms in total. The van der Waals surface area contributed by atoms with Crippen molar-refractivity contribution in [1.29, 1.82) is 0 Å². The maximum absolute atomic E-state index is 13.6. The molecule has 0 aromatic heterocycles. The van der Waals surface area contributed by atoms with Gasteiger partial charge in [-0.3, -0.25) is 9.59 Å². The molecule has 2 atom stereocenters. The highest BCUT2D eigenvalue weighted by Crippen LogP contribution is 2.65. The predicted molar refractivity (Wildman–Crippen MR) is 118 cm³/mol. The quantitative estimate of drug-likeness (QED) is 0.426. The zero-order valence-corrected chi connectivity index (χ0v) is 18.5. The average Bonchev–Trinajstić information content (AvgIpc) is 2.84. The number of nitrogens with one attached hydrogen (secondary N) is 1. The van der Waals surface area contributed by atoms with Crippen LogP contribution in [0.25, 0.3) is 0 Å². The van der Waals surface area contributed by atoms with Gasteiger partial charge >= 0.3 is 5.97 Å². The second-order valence-electron chi connectivity index (χ2n) is 8.29. The summed E-state index contributed by atoms with van der Waals surface area (Å²) in [5.41, 5.74) is -0.501. The first-order chi connectivity index (χ1) is 16.0. The van der Waals surface area contributed by atoms with Crippen LogP contribution in [0.15, 0.2) is 48.5 Å². The minimum atomic E-state index is -1.50. The number of carbonyl (C=O) groups is 2. The van der Waals surface area contributed by atoms with Gasteiger partial charge in [-0.25, -0.2) is 0 Å². The lowest BCUT2D eigenvalue weighted by Gasteiger charge is -2.60. The summed E-state index contributed by atoms with van der Waals surface area (Å²) in [6, 6.07) is 14.4. The van der Waals surface area contributed by atoms with Gasteiger partial charge in [-0.15, -0.1) is 0 Å². The van der Waals surface area contributed by atoms with Crippen molar-refractivity contribution >= 4 is 11.9 Å². The van der Waals surface area contributed by atoms with Crippen molar-refractivity contribution in [2.24, 2.45) is 11.8 Å². The SMILES string of the molecule is CCCNC(=O)C1C(C(=O)O)C2(OCCO)c3ccccc3C1(OCCO)c1ccccc12. The standard InChI is InChI=1S/C25H29NO7/c1-2-11-26-22(29)20-21(23(30)31)25(33-15-13-28)18-9-5-3-7-16(18)24(20,32-14-12-27)17-8-4-6-10-19(17)25/h3-10,20-21,27-28H,2,11-15H2,1H3,(H,26,29)(H,30,31). The first-order valence-corrected chi connectivity index (χ1v) is 11.2. The molecule has 2 aromatic rings. The van der Waals surface area contributed by atoms with Crippen molar-refractivity contribution in [1.82, 2.24) is 5.32 Å². The third kappa shape index (κ3) is 3.28. The first-order valence-electron chi connectivity index (χ1n) is 11.2. The molecule has 2 aromatic carbocycles. The summed E-state index contributed by atoms with van der Waals surface area (Å²) in [5.74, 6) is -4.16. The van der Waals surface area contributed by atoms with Crippen LogP contribution in [-0.2, 0) is 30.3 Å². The molecule has 2 bridgehead atoms. The first kappa shape index (κ1) is 23.4. The lowest BCUT2D eigenvalue weighted by Crippen LogP contribution is -2.67. The number of hydrogen-bond donors (Lipinski definition) is 4. The predicted octanol–water partition coefficient (Wildman–Crippen LogP) is 1.36. The molecule has 3 aliphatic carbocycles. The van der Waals surface area contributed by atoms with E-state index in [1.807, 2.05) is 31.2 Å². The van der Waals surface area contributed by atoms with Crippen molar-refractivity contribution in [3.63, 3.8) is 0 Å². The molecule has 0 saturated heterocycles. The second kappa shape index (κ2) is 9.23. The van der Waals surface area contributed by atoms with Crippen LogP contribution < -0.4 is 5.32 Å². The number of carboxylic acids is 1. The van der Waals surface area contributed by atoms with E-state index in [2.05, 4.69) is 5.32 Å². The van der Waals surface area contributed by atoms with Gasteiger partial charge in [0.05, 0.1) is 32.3 Å². The molecule has 33 heavy (non-hydrogen) atoms. The van der Waals surface area contributed by atoms with E-state index in [-0.39, 0.29) is 26.4 Å². The highest BCUT2D eigenvalue weighted by molar-refractivity contribution is 5.91. The molecule has 0 heterocycles. The number of amides is 1. The highest BCUT2D eigenvalue weighted by atomic mass is 16.5. The van der Waals surface area contributed by atoms with Crippen LogP contribution in [0.5, 0.6) is 0 Å². The van der Waals surface area contributed by atoms with Gasteiger partial charge in [-0.1, -0.05) is 55.5 Å². The smallest absolute Gasteiger partial charge is 0.311 e. The summed E-state index contributed by atoms with van der Waals surface area (Å²) in [5, 5.41) is 32.6. The van der Waals surface area contributed by atoms with Crippen molar-refractivity contribution in [2.45, 2.75) is 24.5 Å². The van der Waals surface area contributed by atoms with Crippen LogP contribution >= 0.6 is 0 Å². The Bertz CT molecular complexity index is 989. The Morgan fingerprint density at radius 2 is 1.27 bits per heavy atom. The van der Waals surface area contributed by atoms with Crippen molar-refractivity contribution in [2.75, 3.05) is 33.0 Å². The zero-order valence-electron chi connectivity index (χ0n) is 18.5. The normalized spacial score (nSPS) is 27.0. The van der Waals surface area contributed by atoms with Gasteiger partial charge < -0.3 is 30.1 Å². The number of aliphatic hydroxyl groups excluding tert-OH is 2. The van der Waals surface area contributed by atoms with Gasteiger partial charge in [-0.2, -0.15) is 0 Å². The number of aliphatic hydroxyl groups is 2. The molecule has 0 saturated carbocycles. The van der Waals surface area contributed by atoms with E-state index in [9.17, 15) is 24.9 Å². The summed E-state index contributed by atoms with van der Waals surface area (Å²) >= 11 is 0. The topological polar surface area (TPSA) is 125 Å². The fraction of sp³-hybridized carbons (Fsp3) is 0.440. The molecule has 5 rings (SSSR count). The monoisotopic (exact) mass is 455 g/mol. The van der Waals surface area contributed by atoms with Crippen molar-refractivity contribution in [3.05, 3.63) is 70.8 Å². The number of carboxylic acid groups (broad SMARTS) is 1. The molecule has 3 aliphatic rings. The van der Waals surface area contributed by atoms with Gasteiger partial charge in [0, 0.05) is 6.54 Å². The zero-order chi connectivity index (χ0) is 23.6. The Labute approximate surface area is 192 Å². The lowest BCUT2D eigenvalue weighted by atomic mass is 9.49. The van der Waals surface area contributed by atoms with Crippen molar-refractivity contribution < 1.29 is 34.4 Å². The summed E-state index contributed by atoms with van der Waals surface area (Å²) in [7, 11) is 0. The number of ether oxygens (including phenoxy) is 2. The van der Waals surface area contributed by atoms with Gasteiger partial charge in [0.1, 0.15) is 17.1 Å². The summed E-state index contributed by atoms with van der Waals surface area (Å²) in [6.07, 6.45) is 0.681. The van der Waals surface area contributed by atoms with Crippen LogP contribution in [0.1, 0.15) is 35.6 Å². The minimum absolute atomic E-state index is 0.0862. The molecule has 0 spiro atoms. The molecule has 1 amide bonds. The third-order valence-corrected chi connectivity index (χ3v) is 6.60. The van der Waals surface area contributed by atoms with E-state index >= 15 is 0 Å². The van der Waals surface area contributed by atoms with E-state index in [0.717, 1.165) is 0 Å². The highest BCUT2D eigenvalue weighted by Gasteiger charge is 2.71. The molecule has 4 N–H and O–H groups in total. The molecule has 2 unspecified atom stereocenters. The van der Waals surface area contributed by atoms with Gasteiger partial charge in [-0.05, 0) is 28.7 Å². The molecular formula is C25H29NO7. The Kier molecular flexibility index (Phi) is 6.54. The molecular weight excluding hydrogens is 426 g/mol. The second-order valence-corrected chi connectivity index (χ2v) is 8.29. The van der Waals surface area contributed by atoms with Crippen LogP contribution in [-0.4, -0.2) is 60.2 Å². The largest absolute Gasteiger partial charge is 0.481 e. The van der Waals surface area contributed by atoms with Crippen molar-refractivity contribution in [3.8, 4) is 0 Å². The molecule has 8 heteroatoms. The van der Waals surface area contributed by atoms with E-state index in [4.69, 9.17) is 9.47 Å². The van der Waals surface area contributed by atoms with Crippen LogP contribution in [0.3, 0.4) is 0 Å². The maximum atomic E-state index is 13.6. The Hall–Kier alpha value is -2.78. The Morgan fingerprint density at radius 1 is 0.848 bits per heavy atom. The fourth-order valence-corrected chi connectivity index (χ4v) is 5.61. The molecule has 0 fully saturated rings. The van der Waals surface area contributed by atoms with Crippen LogP contribution in [0.2, 0.25) is 0 Å². The van der Waals surface area contributed by atoms with E-state index in [1.165, 1.54) is 0 Å². The van der Waals surface area contributed by atoms with Gasteiger partial charge in [0.15, 0.2) is 0 Å². The number of benzene rings is 2. The molecule has 176 valence electrons. The van der Waals surface area contributed by atoms with E-state index < -0.39 is 34.9 Å². The Balaban J connectivity index is 2.11. The molecule has 0 aliphatic heterocycles. The third-order valence-electron chi connectivity index (χ3n) is 6.60. The summed E-state index contributed by atoms with van der Waals surface area (Å²) in [4.78, 5) is 26.6.